The first kappa shape index (κ1) is 14.1. The predicted octanol–water partition coefficient (Wildman–Crippen LogP) is 3.34. The smallest absolute Gasteiger partial charge is 0.319 e. The first-order chi connectivity index (χ1) is 9.88. The van der Waals surface area contributed by atoms with Gasteiger partial charge in [-0.3, -0.25) is 4.79 Å². The molecule has 0 saturated heterocycles. The molecule has 2 N–H and O–H groups in total. The number of carbonyl (C=O) groups excluding carboxylic acids is 2. The van der Waals surface area contributed by atoms with Gasteiger partial charge in [0.05, 0.1) is 6.04 Å². The third-order valence-corrected chi connectivity index (χ3v) is 4.43. The highest BCUT2D eigenvalue weighted by atomic mass is 35.5. The monoisotopic (exact) mass is 304 g/mol. The Kier molecular flexibility index (Phi) is 3.29. The molecule has 21 heavy (non-hydrogen) atoms. The molecule has 1 aromatic carbocycles. The highest BCUT2D eigenvalue weighted by molar-refractivity contribution is 6.30. The van der Waals surface area contributed by atoms with E-state index in [2.05, 4.69) is 10.6 Å². The van der Waals surface area contributed by atoms with E-state index in [0.29, 0.717) is 17.0 Å². The van der Waals surface area contributed by atoms with Crippen LogP contribution < -0.4 is 10.6 Å². The van der Waals surface area contributed by atoms with Crippen LogP contribution in [0.5, 0.6) is 0 Å². The largest absolute Gasteiger partial charge is 0.327 e. The Morgan fingerprint density at radius 2 is 2.05 bits per heavy atom. The van der Waals surface area contributed by atoms with E-state index < -0.39 is 11.5 Å². The Balaban J connectivity index is 2.11. The number of hydrogen-bond acceptors (Lipinski definition) is 2. The summed E-state index contributed by atoms with van der Waals surface area (Å²) in [5.74, 6) is 0.0845. The second-order valence-electron chi connectivity index (χ2n) is 6.19. The zero-order valence-corrected chi connectivity index (χ0v) is 12.8. The lowest BCUT2D eigenvalue weighted by Gasteiger charge is -2.38. The van der Waals surface area contributed by atoms with Crippen molar-refractivity contribution >= 4 is 23.4 Å². The zero-order valence-electron chi connectivity index (χ0n) is 12.0. The van der Waals surface area contributed by atoms with Crippen molar-refractivity contribution < 1.29 is 9.59 Å². The van der Waals surface area contributed by atoms with Crippen molar-refractivity contribution in [3.05, 3.63) is 46.1 Å². The number of urea groups is 1. The van der Waals surface area contributed by atoms with Crippen LogP contribution in [0.4, 0.5) is 4.79 Å². The third-order valence-electron chi connectivity index (χ3n) is 4.19. The highest BCUT2D eigenvalue weighted by Crippen LogP contribution is 2.41. The van der Waals surface area contributed by atoms with Crippen LogP contribution in [-0.4, -0.2) is 11.8 Å². The van der Waals surface area contributed by atoms with Gasteiger partial charge in [0, 0.05) is 21.7 Å². The van der Waals surface area contributed by atoms with E-state index in [1.54, 1.807) is 12.1 Å². The lowest BCUT2D eigenvalue weighted by Crippen LogP contribution is -2.49. The van der Waals surface area contributed by atoms with Crippen LogP contribution in [0.1, 0.15) is 38.3 Å². The molecule has 0 spiro atoms. The summed E-state index contributed by atoms with van der Waals surface area (Å²) in [6.45, 7) is 3.90. The van der Waals surface area contributed by atoms with Gasteiger partial charge in [0.25, 0.3) is 0 Å². The van der Waals surface area contributed by atoms with Crippen LogP contribution >= 0.6 is 11.6 Å². The number of hydrogen-bond donors (Lipinski definition) is 2. The molecule has 1 heterocycles. The Morgan fingerprint density at radius 1 is 1.29 bits per heavy atom. The maximum atomic E-state index is 12.8. The molecule has 0 saturated carbocycles. The number of Topliss-reactive ketones (excluding diaryl/α,β-unsaturated/α-hetero) is 1. The Hall–Kier alpha value is -1.81. The summed E-state index contributed by atoms with van der Waals surface area (Å²) < 4.78 is 0. The van der Waals surface area contributed by atoms with E-state index >= 15 is 0 Å². The molecule has 4 nitrogen and oxygen atoms in total. The van der Waals surface area contributed by atoms with Gasteiger partial charge in [-0.05, 0) is 30.5 Å². The average Bonchev–Trinajstić information content (AvgIpc) is 2.42. The van der Waals surface area contributed by atoms with Crippen LogP contribution in [0.2, 0.25) is 5.02 Å². The minimum atomic E-state index is -0.431. The second-order valence-corrected chi connectivity index (χ2v) is 6.63. The van der Waals surface area contributed by atoms with Gasteiger partial charge < -0.3 is 10.6 Å². The molecule has 3 rings (SSSR count). The van der Waals surface area contributed by atoms with Gasteiger partial charge >= 0.3 is 6.03 Å². The van der Waals surface area contributed by atoms with E-state index in [9.17, 15) is 9.59 Å². The summed E-state index contributed by atoms with van der Waals surface area (Å²) in [5, 5.41) is 6.20. The molecule has 1 unspecified atom stereocenters. The second kappa shape index (κ2) is 4.88. The minimum Gasteiger partial charge on any atom is -0.327 e. The molecule has 0 bridgehead atoms. The molecule has 1 aromatic rings. The predicted molar refractivity (Wildman–Crippen MR) is 80.9 cm³/mol. The topological polar surface area (TPSA) is 58.2 Å². The number of halogens is 1. The van der Waals surface area contributed by atoms with Crippen molar-refractivity contribution in [3.8, 4) is 0 Å². The standard InChI is InChI=1S/C16H17ClN2O2/c1-16(2)7-6-11-12(14(16)20)13(19-15(21)18-11)9-4-3-5-10(17)8-9/h3-5,8,13H,6-7H2,1-2H3,(H2,18,19,21). The Bertz CT molecular complexity index is 664. The van der Waals surface area contributed by atoms with Crippen LogP contribution in [0, 0.1) is 5.41 Å². The van der Waals surface area contributed by atoms with Crippen molar-refractivity contribution in [2.45, 2.75) is 32.7 Å². The lowest BCUT2D eigenvalue weighted by molar-refractivity contribution is -0.124. The average molecular weight is 305 g/mol. The fraction of sp³-hybridized carbons (Fsp3) is 0.375. The lowest BCUT2D eigenvalue weighted by atomic mass is 9.71. The molecule has 0 fully saturated rings. The van der Waals surface area contributed by atoms with Crippen molar-refractivity contribution in [2.75, 3.05) is 0 Å². The normalized spacial score (nSPS) is 24.2. The summed E-state index contributed by atoms with van der Waals surface area (Å²) in [4.78, 5) is 24.6. The van der Waals surface area contributed by atoms with Crippen molar-refractivity contribution in [1.29, 1.82) is 0 Å². The van der Waals surface area contributed by atoms with Gasteiger partial charge in [-0.15, -0.1) is 0 Å². The van der Waals surface area contributed by atoms with Gasteiger partial charge in [-0.1, -0.05) is 37.6 Å². The number of amides is 2. The Morgan fingerprint density at radius 3 is 2.76 bits per heavy atom. The zero-order chi connectivity index (χ0) is 15.2. The fourth-order valence-electron chi connectivity index (χ4n) is 2.94. The van der Waals surface area contributed by atoms with Gasteiger partial charge in [-0.2, -0.15) is 0 Å². The van der Waals surface area contributed by atoms with Crippen LogP contribution in [-0.2, 0) is 4.79 Å². The summed E-state index contributed by atoms with van der Waals surface area (Å²) in [5.41, 5.74) is 1.83. The van der Waals surface area contributed by atoms with Crippen molar-refractivity contribution in [3.63, 3.8) is 0 Å². The summed E-state index contributed by atoms with van der Waals surface area (Å²) in [6.07, 6.45) is 1.45. The van der Waals surface area contributed by atoms with E-state index in [1.807, 2.05) is 26.0 Å². The first-order valence-electron chi connectivity index (χ1n) is 6.99. The summed E-state index contributed by atoms with van der Waals surface area (Å²) in [7, 11) is 0. The van der Waals surface area contributed by atoms with Crippen LogP contribution in [0.25, 0.3) is 0 Å². The van der Waals surface area contributed by atoms with E-state index in [4.69, 9.17) is 11.6 Å². The number of rotatable bonds is 1. The van der Waals surface area contributed by atoms with Gasteiger partial charge in [-0.25, -0.2) is 4.79 Å². The van der Waals surface area contributed by atoms with Gasteiger partial charge in [0.2, 0.25) is 0 Å². The molecule has 2 amide bonds. The first-order valence-corrected chi connectivity index (χ1v) is 7.37. The molecule has 1 aliphatic carbocycles. The maximum Gasteiger partial charge on any atom is 0.319 e. The van der Waals surface area contributed by atoms with Crippen LogP contribution in [0.3, 0.4) is 0 Å². The molecule has 0 aromatic heterocycles. The Labute approximate surface area is 128 Å². The molecule has 1 atom stereocenters. The molecular weight excluding hydrogens is 288 g/mol. The molecule has 0 radical (unpaired) electrons. The molecule has 2 aliphatic rings. The number of allylic oxidation sites excluding steroid dienone is 1. The molecular formula is C16H17ClN2O2. The number of ketones is 1. The molecule has 110 valence electrons. The van der Waals surface area contributed by atoms with Crippen molar-refractivity contribution in [2.24, 2.45) is 5.41 Å². The summed E-state index contributed by atoms with van der Waals surface area (Å²) in [6, 6.07) is 6.56. The number of nitrogens with one attached hydrogen (secondary N) is 2. The van der Waals surface area contributed by atoms with Gasteiger partial charge in [0.1, 0.15) is 0 Å². The molecule has 5 heteroatoms. The van der Waals surface area contributed by atoms with E-state index in [0.717, 1.165) is 17.7 Å². The van der Waals surface area contributed by atoms with E-state index in [1.165, 1.54) is 0 Å². The minimum absolute atomic E-state index is 0.0845. The van der Waals surface area contributed by atoms with Crippen LogP contribution in [0.15, 0.2) is 35.5 Å². The quantitative estimate of drug-likeness (QED) is 0.836. The van der Waals surface area contributed by atoms with Gasteiger partial charge in [0.15, 0.2) is 5.78 Å². The maximum absolute atomic E-state index is 12.8. The number of carbonyl (C=O) groups is 2. The van der Waals surface area contributed by atoms with E-state index in [-0.39, 0.29) is 11.8 Å². The van der Waals surface area contributed by atoms with Crippen molar-refractivity contribution in [1.82, 2.24) is 10.6 Å². The third kappa shape index (κ3) is 2.44. The highest BCUT2D eigenvalue weighted by Gasteiger charge is 2.42. The summed E-state index contributed by atoms with van der Waals surface area (Å²) >= 11 is 6.04. The fourth-order valence-corrected chi connectivity index (χ4v) is 3.13. The number of benzene rings is 1. The molecule has 1 aliphatic heterocycles. The SMILES string of the molecule is CC1(C)CCC2=C(C1=O)C(c1cccc(Cl)c1)NC(=O)N2.